The molecule has 0 unspecified atom stereocenters. The number of halogens is 3. The topological polar surface area (TPSA) is 18.5 Å². The minimum atomic E-state index is -4.33. The van der Waals surface area contributed by atoms with Gasteiger partial charge >= 0.3 is 6.18 Å². The number of alkyl halides is 3. The van der Waals surface area contributed by atoms with Crippen molar-refractivity contribution >= 4 is 0 Å². The summed E-state index contributed by atoms with van der Waals surface area (Å²) >= 11 is 0. The molecule has 116 valence electrons. The number of hydrogen-bond donors (Lipinski definition) is 0. The first-order chi connectivity index (χ1) is 10.6. The highest BCUT2D eigenvalue weighted by molar-refractivity contribution is 5.36. The number of hydrogen-bond acceptors (Lipinski definition) is 2. The van der Waals surface area contributed by atoms with Crippen molar-refractivity contribution < 1.29 is 22.6 Å². The maximum atomic E-state index is 12.7. The molecule has 2 atom stereocenters. The van der Waals surface area contributed by atoms with Crippen molar-refractivity contribution in [3.8, 4) is 0 Å². The Morgan fingerprint density at radius 1 is 0.909 bits per heavy atom. The van der Waals surface area contributed by atoms with Crippen LogP contribution >= 0.6 is 0 Å². The molecule has 2 aromatic carbocycles. The van der Waals surface area contributed by atoms with E-state index in [1.165, 1.54) is 12.1 Å². The van der Waals surface area contributed by atoms with Gasteiger partial charge in [-0.1, -0.05) is 42.5 Å². The first-order valence-corrected chi connectivity index (χ1v) is 6.97. The monoisotopic (exact) mass is 308 g/mol. The van der Waals surface area contributed by atoms with Gasteiger partial charge in [0.2, 0.25) is 0 Å². The van der Waals surface area contributed by atoms with Crippen molar-refractivity contribution in [3.05, 3.63) is 71.3 Å². The summed E-state index contributed by atoms with van der Waals surface area (Å²) in [5.74, 6) is -0.147. The zero-order valence-corrected chi connectivity index (χ0v) is 11.7. The van der Waals surface area contributed by atoms with Crippen LogP contribution in [0.25, 0.3) is 0 Å². The third kappa shape index (κ3) is 3.15. The van der Waals surface area contributed by atoms with Crippen LogP contribution in [0.1, 0.15) is 22.6 Å². The Hall–Kier alpha value is -1.85. The average molecular weight is 308 g/mol. The average Bonchev–Trinajstić information content (AvgIpc) is 3.02. The maximum Gasteiger partial charge on any atom is 0.416 e. The SMILES string of the molecule is FC(F)(F)c1ccc([C@H](c2ccccc2)[C@H]2COCO2)cc1. The molecule has 1 fully saturated rings. The van der Waals surface area contributed by atoms with Crippen LogP contribution in [-0.4, -0.2) is 19.5 Å². The molecule has 1 saturated heterocycles. The smallest absolute Gasteiger partial charge is 0.353 e. The van der Waals surface area contributed by atoms with Gasteiger partial charge in [-0.3, -0.25) is 0 Å². The van der Waals surface area contributed by atoms with Crippen LogP contribution in [0.3, 0.4) is 0 Å². The molecule has 0 saturated carbocycles. The van der Waals surface area contributed by atoms with E-state index in [4.69, 9.17) is 9.47 Å². The van der Waals surface area contributed by atoms with Crippen LogP contribution in [-0.2, 0) is 15.7 Å². The molecule has 3 rings (SSSR count). The van der Waals surface area contributed by atoms with E-state index in [9.17, 15) is 13.2 Å². The second-order valence-electron chi connectivity index (χ2n) is 5.20. The fourth-order valence-electron chi connectivity index (χ4n) is 2.70. The molecule has 1 aliphatic rings. The van der Waals surface area contributed by atoms with Gasteiger partial charge in [-0.05, 0) is 23.3 Å². The Morgan fingerprint density at radius 2 is 1.55 bits per heavy atom. The van der Waals surface area contributed by atoms with E-state index in [0.717, 1.165) is 23.3 Å². The Kier molecular flexibility index (Phi) is 4.18. The largest absolute Gasteiger partial charge is 0.416 e. The van der Waals surface area contributed by atoms with Gasteiger partial charge in [0.25, 0.3) is 0 Å². The highest BCUT2D eigenvalue weighted by Gasteiger charge is 2.32. The minimum absolute atomic E-state index is 0.147. The summed E-state index contributed by atoms with van der Waals surface area (Å²) in [4.78, 5) is 0. The summed E-state index contributed by atoms with van der Waals surface area (Å²) in [7, 11) is 0. The van der Waals surface area contributed by atoms with Gasteiger partial charge in [0.05, 0.1) is 18.3 Å². The Bertz CT molecular complexity index is 602. The van der Waals surface area contributed by atoms with E-state index in [-0.39, 0.29) is 18.8 Å². The van der Waals surface area contributed by atoms with Crippen molar-refractivity contribution in [3.63, 3.8) is 0 Å². The van der Waals surface area contributed by atoms with E-state index >= 15 is 0 Å². The Labute approximate surface area is 126 Å². The van der Waals surface area contributed by atoms with Gasteiger partial charge in [0, 0.05) is 5.92 Å². The maximum absolute atomic E-state index is 12.7. The summed E-state index contributed by atoms with van der Waals surface area (Å²) in [5, 5.41) is 0. The van der Waals surface area contributed by atoms with Gasteiger partial charge in [0.15, 0.2) is 0 Å². The number of rotatable bonds is 3. The van der Waals surface area contributed by atoms with Crippen molar-refractivity contribution in [2.45, 2.75) is 18.2 Å². The zero-order valence-electron chi connectivity index (χ0n) is 11.7. The van der Waals surface area contributed by atoms with Gasteiger partial charge in [0.1, 0.15) is 6.79 Å². The van der Waals surface area contributed by atoms with Crippen molar-refractivity contribution in [2.24, 2.45) is 0 Å². The molecule has 1 aliphatic heterocycles. The first kappa shape index (κ1) is 15.1. The molecule has 0 aromatic heterocycles. The fraction of sp³-hybridized carbons (Fsp3) is 0.294. The number of benzene rings is 2. The molecule has 0 aliphatic carbocycles. The summed E-state index contributed by atoms with van der Waals surface area (Å²) in [5.41, 5.74) is 1.14. The molecule has 0 spiro atoms. The third-order valence-corrected chi connectivity index (χ3v) is 3.78. The normalized spacial score (nSPS) is 20.0. The van der Waals surface area contributed by atoms with Crippen LogP contribution < -0.4 is 0 Å². The molecule has 1 heterocycles. The van der Waals surface area contributed by atoms with Gasteiger partial charge in [-0.15, -0.1) is 0 Å². The van der Waals surface area contributed by atoms with Crippen LogP contribution in [0, 0.1) is 0 Å². The molecule has 0 radical (unpaired) electrons. The minimum Gasteiger partial charge on any atom is -0.353 e. The molecular weight excluding hydrogens is 293 g/mol. The highest BCUT2D eigenvalue weighted by atomic mass is 19.4. The highest BCUT2D eigenvalue weighted by Crippen LogP contribution is 2.34. The molecule has 22 heavy (non-hydrogen) atoms. The van der Waals surface area contributed by atoms with E-state index in [0.29, 0.717) is 6.61 Å². The second-order valence-corrected chi connectivity index (χ2v) is 5.20. The molecule has 0 amide bonds. The quantitative estimate of drug-likeness (QED) is 0.845. The zero-order chi connectivity index (χ0) is 15.6. The van der Waals surface area contributed by atoms with Crippen LogP contribution in [0.15, 0.2) is 54.6 Å². The van der Waals surface area contributed by atoms with Crippen molar-refractivity contribution in [1.82, 2.24) is 0 Å². The van der Waals surface area contributed by atoms with E-state index < -0.39 is 11.7 Å². The van der Waals surface area contributed by atoms with Crippen LogP contribution in [0.4, 0.5) is 13.2 Å². The van der Waals surface area contributed by atoms with Crippen molar-refractivity contribution in [1.29, 1.82) is 0 Å². The van der Waals surface area contributed by atoms with E-state index in [2.05, 4.69) is 0 Å². The van der Waals surface area contributed by atoms with Crippen molar-refractivity contribution in [2.75, 3.05) is 13.4 Å². The predicted molar refractivity (Wildman–Crippen MR) is 75.4 cm³/mol. The molecule has 2 aromatic rings. The Balaban J connectivity index is 1.95. The van der Waals surface area contributed by atoms with Crippen LogP contribution in [0.2, 0.25) is 0 Å². The van der Waals surface area contributed by atoms with Crippen LogP contribution in [0.5, 0.6) is 0 Å². The third-order valence-electron chi connectivity index (χ3n) is 3.78. The summed E-state index contributed by atoms with van der Waals surface area (Å²) in [6, 6.07) is 14.9. The molecule has 0 bridgehead atoms. The summed E-state index contributed by atoms with van der Waals surface area (Å²) < 4.78 is 48.9. The molecular formula is C17H15F3O2. The molecule has 0 N–H and O–H groups in total. The lowest BCUT2D eigenvalue weighted by Crippen LogP contribution is -2.22. The lowest BCUT2D eigenvalue weighted by molar-refractivity contribution is -0.137. The fourth-order valence-corrected chi connectivity index (χ4v) is 2.70. The molecule has 2 nitrogen and oxygen atoms in total. The summed E-state index contributed by atoms with van der Waals surface area (Å²) in [6.45, 7) is 0.648. The Morgan fingerprint density at radius 3 is 2.09 bits per heavy atom. The van der Waals surface area contributed by atoms with E-state index in [1.54, 1.807) is 0 Å². The lowest BCUT2D eigenvalue weighted by Gasteiger charge is -2.23. The first-order valence-electron chi connectivity index (χ1n) is 6.97. The van der Waals surface area contributed by atoms with E-state index in [1.807, 2.05) is 30.3 Å². The van der Waals surface area contributed by atoms with Gasteiger partial charge < -0.3 is 9.47 Å². The standard InChI is InChI=1S/C17H15F3O2/c18-17(19,20)14-8-6-13(7-9-14)16(15-10-21-11-22-15)12-4-2-1-3-5-12/h1-9,15-16H,10-11H2/t15-,16+/m1/s1. The summed E-state index contributed by atoms with van der Waals surface area (Å²) in [6.07, 6.45) is -4.52. The van der Waals surface area contributed by atoms with Gasteiger partial charge in [-0.25, -0.2) is 0 Å². The molecule has 5 heteroatoms. The second kappa shape index (κ2) is 6.10. The number of ether oxygens (including phenoxy) is 2. The lowest BCUT2D eigenvalue weighted by atomic mass is 9.86. The van der Waals surface area contributed by atoms with Gasteiger partial charge in [-0.2, -0.15) is 13.2 Å². The predicted octanol–water partition coefficient (Wildman–Crippen LogP) is 4.21.